The first-order valence-electron chi connectivity index (χ1n) is 9.39. The molecule has 128 valence electrons. The minimum absolute atomic E-state index is 0.185. The third kappa shape index (κ3) is 1.99. The summed E-state index contributed by atoms with van der Waals surface area (Å²) in [6.07, 6.45) is 8.97. The van der Waals surface area contributed by atoms with Crippen LogP contribution in [0.1, 0.15) is 65.7 Å². The molecular formula is C20H30O3. The van der Waals surface area contributed by atoms with Crippen LogP contribution in [-0.2, 0) is 4.79 Å². The lowest BCUT2D eigenvalue weighted by molar-refractivity contribution is -0.199. The third-order valence-corrected chi connectivity index (χ3v) is 8.52. The second-order valence-corrected chi connectivity index (χ2v) is 9.38. The van der Waals surface area contributed by atoms with Crippen LogP contribution in [0.4, 0.5) is 0 Å². The van der Waals surface area contributed by atoms with Crippen molar-refractivity contribution in [2.75, 3.05) is 0 Å². The molecule has 3 saturated carbocycles. The van der Waals surface area contributed by atoms with E-state index in [0.717, 1.165) is 18.3 Å². The summed E-state index contributed by atoms with van der Waals surface area (Å²) in [5.74, 6) is 0.0881. The topological polar surface area (TPSA) is 57.5 Å². The van der Waals surface area contributed by atoms with Gasteiger partial charge in [0.2, 0.25) is 11.6 Å². The van der Waals surface area contributed by atoms with Crippen molar-refractivity contribution in [1.82, 2.24) is 0 Å². The van der Waals surface area contributed by atoms with Crippen molar-refractivity contribution < 1.29 is 15.0 Å². The molecule has 4 aliphatic carbocycles. The van der Waals surface area contributed by atoms with Crippen molar-refractivity contribution in [3.8, 4) is 0 Å². The van der Waals surface area contributed by atoms with Crippen LogP contribution in [0.3, 0.4) is 0 Å². The Labute approximate surface area is 139 Å². The average molecular weight is 318 g/mol. The maximum absolute atomic E-state index is 12.0. The predicted octanol–water partition coefficient (Wildman–Crippen LogP) is 3.45. The molecule has 4 rings (SSSR count). The summed E-state index contributed by atoms with van der Waals surface area (Å²) >= 11 is 0. The molecular weight excluding hydrogens is 288 g/mol. The lowest BCUT2D eigenvalue weighted by Crippen LogP contribution is -2.55. The molecule has 3 fully saturated rings. The Balaban J connectivity index is 1.71. The number of carbonyl (C=O) groups excluding carboxylic acids is 1. The van der Waals surface area contributed by atoms with Crippen LogP contribution in [0.5, 0.6) is 0 Å². The fraction of sp³-hybridized carbons (Fsp3) is 0.850. The van der Waals surface area contributed by atoms with Gasteiger partial charge in [0.05, 0.1) is 0 Å². The number of fused-ring (bicyclic) bond motifs is 5. The highest BCUT2D eigenvalue weighted by molar-refractivity contribution is 5.97. The van der Waals surface area contributed by atoms with Crippen molar-refractivity contribution in [2.45, 2.75) is 71.5 Å². The zero-order valence-corrected chi connectivity index (χ0v) is 14.6. The normalized spacial score (nSPS) is 51.5. The van der Waals surface area contributed by atoms with Gasteiger partial charge in [-0.2, -0.15) is 0 Å². The predicted molar refractivity (Wildman–Crippen MR) is 88.4 cm³/mol. The lowest BCUT2D eigenvalue weighted by atomic mass is 9.46. The zero-order valence-electron chi connectivity index (χ0n) is 14.6. The minimum atomic E-state index is -2.16. The molecule has 0 saturated heterocycles. The smallest absolute Gasteiger partial charge is 0.228 e. The SMILES string of the molecule is CC1CC[C@H]2[C@@H]3CCC4=CC(=O)C(O)(O)C[C@]4(C)[C@H]3CC[C@]12C. The number of aliphatic hydroxyl groups is 2. The van der Waals surface area contributed by atoms with Gasteiger partial charge in [0.1, 0.15) is 0 Å². The molecule has 0 aromatic carbocycles. The summed E-state index contributed by atoms with van der Waals surface area (Å²) in [5.41, 5.74) is 1.43. The highest BCUT2D eigenvalue weighted by Gasteiger charge is 2.60. The largest absolute Gasteiger partial charge is 0.359 e. The second-order valence-electron chi connectivity index (χ2n) is 9.38. The summed E-state index contributed by atoms with van der Waals surface area (Å²) in [6, 6.07) is 0. The highest BCUT2D eigenvalue weighted by atomic mass is 16.5. The van der Waals surface area contributed by atoms with Crippen molar-refractivity contribution in [3.05, 3.63) is 11.6 Å². The van der Waals surface area contributed by atoms with Gasteiger partial charge >= 0.3 is 0 Å². The standard InChI is InChI=1S/C20H30O3/c1-12-4-7-15-14-6-5-13-10-17(21)20(22,23)11-19(13,3)16(14)8-9-18(12,15)2/h10,12,14-16,22-23H,4-9,11H2,1-3H3/t12?,14-,15-,16-,18+,19-/m0/s1. The fourth-order valence-corrected chi connectivity index (χ4v) is 6.94. The molecule has 0 heterocycles. The number of ketones is 1. The van der Waals surface area contributed by atoms with Gasteiger partial charge in [-0.1, -0.05) is 26.3 Å². The van der Waals surface area contributed by atoms with Crippen LogP contribution in [-0.4, -0.2) is 21.8 Å². The van der Waals surface area contributed by atoms with Gasteiger partial charge in [-0.25, -0.2) is 0 Å². The van der Waals surface area contributed by atoms with E-state index < -0.39 is 11.6 Å². The number of hydrogen-bond donors (Lipinski definition) is 2. The van der Waals surface area contributed by atoms with E-state index in [1.165, 1.54) is 37.7 Å². The number of allylic oxidation sites excluding steroid dienone is 1. The third-order valence-electron chi connectivity index (χ3n) is 8.52. The molecule has 3 nitrogen and oxygen atoms in total. The molecule has 0 aromatic heterocycles. The van der Waals surface area contributed by atoms with E-state index in [0.29, 0.717) is 17.3 Å². The molecule has 23 heavy (non-hydrogen) atoms. The number of carbonyl (C=O) groups is 1. The maximum atomic E-state index is 12.0. The first-order chi connectivity index (χ1) is 10.7. The van der Waals surface area contributed by atoms with Crippen molar-refractivity contribution in [1.29, 1.82) is 0 Å². The summed E-state index contributed by atoms with van der Waals surface area (Å²) < 4.78 is 0. The summed E-state index contributed by atoms with van der Waals surface area (Å²) in [6.45, 7) is 7.10. The van der Waals surface area contributed by atoms with E-state index in [9.17, 15) is 15.0 Å². The molecule has 0 amide bonds. The van der Waals surface area contributed by atoms with Gasteiger partial charge in [-0.3, -0.25) is 4.79 Å². The van der Waals surface area contributed by atoms with Crippen LogP contribution >= 0.6 is 0 Å². The second kappa shape index (κ2) is 4.70. The van der Waals surface area contributed by atoms with E-state index in [2.05, 4.69) is 20.8 Å². The first kappa shape index (κ1) is 15.8. The molecule has 0 radical (unpaired) electrons. The molecule has 2 N–H and O–H groups in total. The Morgan fingerprint density at radius 1 is 1.09 bits per heavy atom. The highest BCUT2D eigenvalue weighted by Crippen LogP contribution is 2.66. The molecule has 6 atom stereocenters. The monoisotopic (exact) mass is 318 g/mol. The van der Waals surface area contributed by atoms with Crippen LogP contribution in [0, 0.1) is 34.5 Å². The fourth-order valence-electron chi connectivity index (χ4n) is 6.94. The summed E-state index contributed by atoms with van der Waals surface area (Å²) in [7, 11) is 0. The molecule has 3 heteroatoms. The van der Waals surface area contributed by atoms with E-state index >= 15 is 0 Å². The Morgan fingerprint density at radius 3 is 2.57 bits per heavy atom. The van der Waals surface area contributed by atoms with Crippen LogP contribution < -0.4 is 0 Å². The Hall–Kier alpha value is -0.670. The van der Waals surface area contributed by atoms with Crippen molar-refractivity contribution >= 4 is 5.78 Å². The minimum Gasteiger partial charge on any atom is -0.359 e. The Morgan fingerprint density at radius 2 is 1.83 bits per heavy atom. The Bertz CT molecular complexity index is 577. The zero-order chi connectivity index (χ0) is 16.6. The van der Waals surface area contributed by atoms with Gasteiger partial charge in [-0.15, -0.1) is 0 Å². The summed E-state index contributed by atoms with van der Waals surface area (Å²) in [5, 5.41) is 20.4. The molecule has 0 aliphatic heterocycles. The van der Waals surface area contributed by atoms with Crippen LogP contribution in [0.15, 0.2) is 11.6 Å². The molecule has 4 aliphatic rings. The van der Waals surface area contributed by atoms with E-state index in [1.807, 2.05) is 0 Å². The molecule has 0 spiro atoms. The van der Waals surface area contributed by atoms with Gasteiger partial charge < -0.3 is 10.2 Å². The van der Waals surface area contributed by atoms with E-state index in [-0.39, 0.29) is 11.8 Å². The quantitative estimate of drug-likeness (QED) is 0.673. The molecule has 1 unspecified atom stereocenters. The lowest BCUT2D eigenvalue weighted by Gasteiger charge is -2.58. The van der Waals surface area contributed by atoms with E-state index in [4.69, 9.17) is 0 Å². The number of hydrogen-bond acceptors (Lipinski definition) is 3. The van der Waals surface area contributed by atoms with Crippen molar-refractivity contribution in [2.24, 2.45) is 34.5 Å². The molecule has 0 bridgehead atoms. The maximum Gasteiger partial charge on any atom is 0.228 e. The summed E-state index contributed by atoms with van der Waals surface area (Å²) in [4.78, 5) is 12.0. The van der Waals surface area contributed by atoms with Gasteiger partial charge in [0.15, 0.2) is 0 Å². The van der Waals surface area contributed by atoms with Gasteiger partial charge in [0, 0.05) is 6.42 Å². The average Bonchev–Trinajstić information content (AvgIpc) is 2.76. The van der Waals surface area contributed by atoms with E-state index in [1.54, 1.807) is 6.08 Å². The molecule has 0 aromatic rings. The van der Waals surface area contributed by atoms with Crippen LogP contribution in [0.25, 0.3) is 0 Å². The first-order valence-corrected chi connectivity index (χ1v) is 9.39. The van der Waals surface area contributed by atoms with Crippen LogP contribution in [0.2, 0.25) is 0 Å². The van der Waals surface area contributed by atoms with Gasteiger partial charge in [0.25, 0.3) is 0 Å². The van der Waals surface area contributed by atoms with Crippen molar-refractivity contribution in [3.63, 3.8) is 0 Å². The van der Waals surface area contributed by atoms with Gasteiger partial charge in [-0.05, 0) is 79.1 Å². The Kier molecular flexibility index (Phi) is 3.23. The number of rotatable bonds is 0.